The van der Waals surface area contributed by atoms with Crippen molar-refractivity contribution in [3.8, 4) is 17.2 Å². The van der Waals surface area contributed by atoms with Gasteiger partial charge in [0.05, 0.1) is 19.8 Å². The average molecular weight is 426 g/mol. The lowest BCUT2D eigenvalue weighted by Gasteiger charge is -2.17. The molecule has 0 saturated carbocycles. The molecule has 2 aromatic carbocycles. The van der Waals surface area contributed by atoms with Crippen molar-refractivity contribution in [2.45, 2.75) is 31.5 Å². The molecule has 0 aliphatic rings. The van der Waals surface area contributed by atoms with Crippen LogP contribution in [0.15, 0.2) is 60.0 Å². The van der Waals surface area contributed by atoms with Crippen molar-refractivity contribution >= 4 is 17.7 Å². The van der Waals surface area contributed by atoms with Gasteiger partial charge in [-0.1, -0.05) is 30.8 Å². The summed E-state index contributed by atoms with van der Waals surface area (Å²) < 4.78 is 13.1. The third-order valence-electron chi connectivity index (χ3n) is 4.67. The molecule has 0 radical (unpaired) electrons. The van der Waals surface area contributed by atoms with Crippen LogP contribution in [-0.2, 0) is 0 Å². The van der Waals surface area contributed by atoms with Crippen LogP contribution in [0, 0.1) is 0 Å². The number of methoxy groups -OCH3 is 1. The summed E-state index contributed by atoms with van der Waals surface area (Å²) in [5.74, 6) is 1.23. The molecule has 3 aromatic rings. The summed E-state index contributed by atoms with van der Waals surface area (Å²) in [6.07, 6.45) is 6.54. The Bertz CT molecular complexity index is 1000. The van der Waals surface area contributed by atoms with E-state index in [-0.39, 0.29) is 11.9 Å². The zero-order chi connectivity index (χ0) is 21.5. The molecule has 1 amide bonds. The lowest BCUT2D eigenvalue weighted by atomic mass is 10.1. The fourth-order valence-electron chi connectivity index (χ4n) is 3.08. The smallest absolute Gasteiger partial charge is 0.251 e. The molecule has 1 heterocycles. The highest BCUT2D eigenvalue weighted by Crippen LogP contribution is 2.30. The van der Waals surface area contributed by atoms with Gasteiger partial charge in [-0.2, -0.15) is 0 Å². The van der Waals surface area contributed by atoms with E-state index in [4.69, 9.17) is 9.47 Å². The summed E-state index contributed by atoms with van der Waals surface area (Å²) in [4.78, 5) is 17.2. The van der Waals surface area contributed by atoms with Crippen LogP contribution in [0.3, 0.4) is 0 Å². The van der Waals surface area contributed by atoms with Gasteiger partial charge in [0.1, 0.15) is 0 Å². The van der Waals surface area contributed by atoms with Gasteiger partial charge in [0.25, 0.3) is 5.91 Å². The monoisotopic (exact) mass is 425 g/mol. The zero-order valence-electron chi connectivity index (χ0n) is 17.7. The lowest BCUT2D eigenvalue weighted by molar-refractivity contribution is 0.0940. The number of nitrogens with zero attached hydrogens (tertiary/aromatic N) is 2. The van der Waals surface area contributed by atoms with Crippen LogP contribution in [0.4, 0.5) is 0 Å². The molecule has 3 rings (SSSR count). The molecular formula is C23H27N3O3S. The molecule has 0 spiro atoms. The minimum absolute atomic E-state index is 0.138. The standard InChI is InChI=1S/C23H27N3O3S/c1-5-13-29-20-10-9-17(15-21(20)28-3)16(2)25-22(27)18-7-6-8-19(14-18)26-12-11-24-23(26)30-4/h6-12,14-16H,5,13H2,1-4H3,(H,25,27). The second-order valence-electron chi connectivity index (χ2n) is 6.79. The number of hydrogen-bond acceptors (Lipinski definition) is 5. The number of carbonyl (C=O) groups excluding carboxylic acids is 1. The summed E-state index contributed by atoms with van der Waals surface area (Å²) in [6, 6.07) is 13.1. The molecule has 0 aliphatic carbocycles. The van der Waals surface area contributed by atoms with Gasteiger partial charge in [0.15, 0.2) is 16.7 Å². The minimum Gasteiger partial charge on any atom is -0.493 e. The molecular weight excluding hydrogens is 398 g/mol. The normalized spacial score (nSPS) is 11.7. The average Bonchev–Trinajstić information content (AvgIpc) is 3.26. The summed E-state index contributed by atoms with van der Waals surface area (Å²) in [5.41, 5.74) is 2.44. The van der Waals surface area contributed by atoms with E-state index in [1.807, 2.05) is 66.4 Å². The molecule has 0 saturated heterocycles. The van der Waals surface area contributed by atoms with Crippen LogP contribution in [0.2, 0.25) is 0 Å². The lowest BCUT2D eigenvalue weighted by Crippen LogP contribution is -2.26. The number of rotatable bonds is 9. The summed E-state index contributed by atoms with van der Waals surface area (Å²) in [7, 11) is 1.62. The fourth-order valence-corrected chi connectivity index (χ4v) is 3.61. The molecule has 158 valence electrons. The highest BCUT2D eigenvalue weighted by atomic mass is 32.2. The molecule has 0 fully saturated rings. The van der Waals surface area contributed by atoms with E-state index in [1.165, 1.54) is 0 Å². The number of imidazole rings is 1. The van der Waals surface area contributed by atoms with E-state index in [2.05, 4.69) is 17.2 Å². The summed E-state index contributed by atoms with van der Waals surface area (Å²) >= 11 is 1.56. The first kappa shape index (κ1) is 21.8. The quantitative estimate of drug-likeness (QED) is 0.495. The van der Waals surface area contributed by atoms with Crippen molar-refractivity contribution in [3.63, 3.8) is 0 Å². The van der Waals surface area contributed by atoms with Crippen molar-refractivity contribution in [1.29, 1.82) is 0 Å². The number of hydrogen-bond donors (Lipinski definition) is 1. The maximum atomic E-state index is 12.9. The Labute approximate surface area is 181 Å². The molecule has 1 N–H and O–H groups in total. The van der Waals surface area contributed by atoms with Crippen molar-refractivity contribution in [2.75, 3.05) is 20.0 Å². The predicted molar refractivity (Wildman–Crippen MR) is 120 cm³/mol. The Balaban J connectivity index is 1.75. The minimum atomic E-state index is -0.190. The van der Waals surface area contributed by atoms with Crippen molar-refractivity contribution in [2.24, 2.45) is 0 Å². The van der Waals surface area contributed by atoms with Crippen molar-refractivity contribution in [3.05, 3.63) is 66.0 Å². The van der Waals surface area contributed by atoms with E-state index in [0.717, 1.165) is 22.8 Å². The number of ether oxygens (including phenoxy) is 2. The SMILES string of the molecule is CCCOc1ccc(C(C)NC(=O)c2cccc(-n3ccnc3SC)c2)cc1OC. The number of amides is 1. The van der Waals surface area contributed by atoms with E-state index in [9.17, 15) is 4.79 Å². The van der Waals surface area contributed by atoms with Gasteiger partial charge >= 0.3 is 0 Å². The second-order valence-corrected chi connectivity index (χ2v) is 7.56. The highest BCUT2D eigenvalue weighted by Gasteiger charge is 2.15. The van der Waals surface area contributed by atoms with Crippen LogP contribution in [0.25, 0.3) is 5.69 Å². The Kier molecular flexibility index (Phi) is 7.41. The number of aromatic nitrogens is 2. The van der Waals surface area contributed by atoms with E-state index in [0.29, 0.717) is 23.7 Å². The second kappa shape index (κ2) is 10.2. The van der Waals surface area contributed by atoms with Crippen LogP contribution in [0.1, 0.15) is 42.2 Å². The topological polar surface area (TPSA) is 65.4 Å². The summed E-state index contributed by atoms with van der Waals surface area (Å²) in [5, 5.41) is 3.94. The zero-order valence-corrected chi connectivity index (χ0v) is 18.5. The van der Waals surface area contributed by atoms with Gasteiger partial charge in [-0.05, 0) is 55.5 Å². The van der Waals surface area contributed by atoms with Gasteiger partial charge in [0, 0.05) is 23.6 Å². The molecule has 0 bridgehead atoms. The van der Waals surface area contributed by atoms with Crippen LogP contribution in [0.5, 0.6) is 11.5 Å². The van der Waals surface area contributed by atoms with Gasteiger partial charge in [-0.3, -0.25) is 9.36 Å². The Hall–Kier alpha value is -2.93. The van der Waals surface area contributed by atoms with Crippen LogP contribution < -0.4 is 14.8 Å². The Morgan fingerprint density at radius 1 is 1.23 bits per heavy atom. The molecule has 1 aromatic heterocycles. The number of benzene rings is 2. The third kappa shape index (κ3) is 4.97. The van der Waals surface area contributed by atoms with E-state index in [1.54, 1.807) is 25.1 Å². The first-order chi connectivity index (χ1) is 14.6. The number of nitrogens with one attached hydrogen (secondary N) is 1. The molecule has 1 unspecified atom stereocenters. The predicted octanol–water partition coefficient (Wildman–Crippen LogP) is 4.88. The maximum absolute atomic E-state index is 12.9. The fraction of sp³-hybridized carbons (Fsp3) is 0.304. The maximum Gasteiger partial charge on any atom is 0.251 e. The van der Waals surface area contributed by atoms with E-state index < -0.39 is 0 Å². The van der Waals surface area contributed by atoms with Crippen molar-refractivity contribution < 1.29 is 14.3 Å². The first-order valence-electron chi connectivity index (χ1n) is 9.86. The molecule has 7 heteroatoms. The van der Waals surface area contributed by atoms with Gasteiger partial charge in [-0.25, -0.2) is 4.98 Å². The third-order valence-corrected chi connectivity index (χ3v) is 5.34. The van der Waals surface area contributed by atoms with Crippen LogP contribution >= 0.6 is 11.8 Å². The molecule has 0 aliphatic heterocycles. The van der Waals surface area contributed by atoms with Gasteiger partial charge < -0.3 is 14.8 Å². The van der Waals surface area contributed by atoms with Gasteiger partial charge in [-0.15, -0.1) is 0 Å². The number of thioether (sulfide) groups is 1. The largest absolute Gasteiger partial charge is 0.493 e. The molecule has 6 nitrogen and oxygen atoms in total. The Morgan fingerprint density at radius 2 is 2.07 bits per heavy atom. The number of carbonyl (C=O) groups is 1. The first-order valence-corrected chi connectivity index (χ1v) is 11.1. The van der Waals surface area contributed by atoms with Crippen molar-refractivity contribution in [1.82, 2.24) is 14.9 Å². The highest BCUT2D eigenvalue weighted by molar-refractivity contribution is 7.98. The van der Waals surface area contributed by atoms with Crippen LogP contribution in [-0.4, -0.2) is 35.4 Å². The Morgan fingerprint density at radius 3 is 2.80 bits per heavy atom. The molecule has 30 heavy (non-hydrogen) atoms. The summed E-state index contributed by atoms with van der Waals surface area (Å²) in [6.45, 7) is 4.64. The van der Waals surface area contributed by atoms with E-state index >= 15 is 0 Å². The van der Waals surface area contributed by atoms with Gasteiger partial charge in [0.2, 0.25) is 0 Å². The molecule has 1 atom stereocenters.